The van der Waals surface area contributed by atoms with E-state index in [9.17, 15) is 0 Å². The Morgan fingerprint density at radius 1 is 0.450 bits per heavy atom. The van der Waals surface area contributed by atoms with Gasteiger partial charge in [0.05, 0.1) is 0 Å². The summed E-state index contributed by atoms with van der Waals surface area (Å²) >= 11 is 1.80. The normalized spacial score (nSPS) is 11.5. The van der Waals surface area contributed by atoms with E-state index < -0.39 is 0 Å². The SMILES string of the molecule is c1ccc(-c2cccc(-c3nc(-c4ccc5sc6ccccc6c5c4)nc(-c4cc5ccccc5o4)n3)c2)cc1. The molecule has 5 aromatic carbocycles. The van der Waals surface area contributed by atoms with Crippen LogP contribution in [0, 0.1) is 0 Å². The molecule has 0 radical (unpaired) electrons. The van der Waals surface area contributed by atoms with Crippen LogP contribution in [0.4, 0.5) is 0 Å². The van der Waals surface area contributed by atoms with Crippen molar-refractivity contribution in [2.24, 2.45) is 0 Å². The van der Waals surface area contributed by atoms with E-state index in [1.54, 1.807) is 11.3 Å². The summed E-state index contributed by atoms with van der Waals surface area (Å²) in [5, 5.41) is 3.46. The Morgan fingerprint density at radius 2 is 1.12 bits per heavy atom. The van der Waals surface area contributed by atoms with Crippen molar-refractivity contribution in [2.75, 3.05) is 0 Å². The van der Waals surface area contributed by atoms with Crippen molar-refractivity contribution in [3.05, 3.63) is 127 Å². The van der Waals surface area contributed by atoms with E-state index in [0.29, 0.717) is 23.2 Å². The average Bonchev–Trinajstić information content (AvgIpc) is 3.63. The number of para-hydroxylation sites is 1. The molecule has 0 aliphatic heterocycles. The minimum atomic E-state index is 0.511. The Kier molecular flexibility index (Phi) is 5.28. The van der Waals surface area contributed by atoms with Crippen LogP contribution in [0.1, 0.15) is 0 Å². The van der Waals surface area contributed by atoms with Crippen molar-refractivity contribution in [2.45, 2.75) is 0 Å². The highest BCUT2D eigenvalue weighted by Gasteiger charge is 2.17. The highest BCUT2D eigenvalue weighted by atomic mass is 32.1. The number of nitrogens with zero attached hydrogens (tertiary/aromatic N) is 3. The first-order valence-electron chi connectivity index (χ1n) is 13.1. The molecule has 4 nitrogen and oxygen atoms in total. The second kappa shape index (κ2) is 9.26. The van der Waals surface area contributed by atoms with E-state index in [1.165, 1.54) is 20.2 Å². The second-order valence-corrected chi connectivity index (χ2v) is 10.8. The number of fused-ring (bicyclic) bond motifs is 4. The van der Waals surface area contributed by atoms with E-state index in [2.05, 4.69) is 66.7 Å². The smallest absolute Gasteiger partial charge is 0.199 e. The number of aromatic nitrogens is 3. The maximum atomic E-state index is 6.19. The summed E-state index contributed by atoms with van der Waals surface area (Å²) in [6.07, 6.45) is 0. The van der Waals surface area contributed by atoms with Gasteiger partial charge in [0.25, 0.3) is 0 Å². The highest BCUT2D eigenvalue weighted by Crippen LogP contribution is 2.37. The third-order valence-electron chi connectivity index (χ3n) is 7.14. The lowest BCUT2D eigenvalue weighted by Crippen LogP contribution is -1.99. The molecule has 188 valence electrons. The molecule has 0 amide bonds. The van der Waals surface area contributed by atoms with Crippen molar-refractivity contribution in [1.29, 1.82) is 0 Å². The fourth-order valence-corrected chi connectivity index (χ4v) is 6.26. The lowest BCUT2D eigenvalue weighted by atomic mass is 10.0. The topological polar surface area (TPSA) is 51.8 Å². The van der Waals surface area contributed by atoms with Crippen LogP contribution in [-0.2, 0) is 0 Å². The van der Waals surface area contributed by atoms with E-state index >= 15 is 0 Å². The van der Waals surface area contributed by atoms with Gasteiger partial charge in [0.2, 0.25) is 0 Å². The molecule has 3 heterocycles. The van der Waals surface area contributed by atoms with Gasteiger partial charge in [-0.15, -0.1) is 11.3 Å². The Balaban J connectivity index is 1.33. The van der Waals surface area contributed by atoms with E-state index in [1.807, 2.05) is 60.7 Å². The van der Waals surface area contributed by atoms with Crippen LogP contribution in [0.3, 0.4) is 0 Å². The molecular weight excluding hydrogens is 510 g/mol. The fraction of sp³-hybridized carbons (Fsp3) is 0. The third kappa shape index (κ3) is 3.96. The van der Waals surface area contributed by atoms with Gasteiger partial charge in [0.15, 0.2) is 23.2 Å². The van der Waals surface area contributed by atoms with Gasteiger partial charge in [0, 0.05) is 36.7 Å². The summed E-state index contributed by atoms with van der Waals surface area (Å²) in [7, 11) is 0. The molecule has 0 atom stereocenters. The number of thiophene rings is 1. The first-order valence-corrected chi connectivity index (χ1v) is 13.9. The molecule has 0 spiro atoms. The summed E-state index contributed by atoms with van der Waals surface area (Å²) in [6, 6.07) is 43.6. The van der Waals surface area contributed by atoms with E-state index in [-0.39, 0.29) is 0 Å². The quantitative estimate of drug-likeness (QED) is 0.227. The van der Waals surface area contributed by atoms with Gasteiger partial charge in [-0.2, -0.15) is 0 Å². The van der Waals surface area contributed by atoms with Crippen molar-refractivity contribution in [1.82, 2.24) is 15.0 Å². The zero-order valence-electron chi connectivity index (χ0n) is 21.3. The lowest BCUT2D eigenvalue weighted by Gasteiger charge is -2.09. The Labute approximate surface area is 234 Å². The van der Waals surface area contributed by atoms with Gasteiger partial charge < -0.3 is 4.42 Å². The molecule has 0 saturated carbocycles. The zero-order valence-corrected chi connectivity index (χ0v) is 22.1. The van der Waals surface area contributed by atoms with Crippen LogP contribution < -0.4 is 0 Å². The van der Waals surface area contributed by atoms with Crippen LogP contribution in [0.15, 0.2) is 132 Å². The molecule has 0 aliphatic rings. The first-order chi connectivity index (χ1) is 19.8. The lowest BCUT2D eigenvalue weighted by molar-refractivity contribution is 0.625. The second-order valence-electron chi connectivity index (χ2n) is 9.71. The Morgan fingerprint density at radius 3 is 2.00 bits per heavy atom. The number of hydrogen-bond acceptors (Lipinski definition) is 5. The molecule has 0 aliphatic carbocycles. The maximum Gasteiger partial charge on any atom is 0.199 e. The summed E-state index contributed by atoms with van der Waals surface area (Å²) < 4.78 is 8.71. The number of hydrogen-bond donors (Lipinski definition) is 0. The number of benzene rings is 5. The average molecular weight is 532 g/mol. The Bertz CT molecular complexity index is 2150. The van der Waals surface area contributed by atoms with Crippen LogP contribution >= 0.6 is 11.3 Å². The molecule has 5 heteroatoms. The molecule has 8 aromatic rings. The minimum absolute atomic E-state index is 0.511. The first kappa shape index (κ1) is 22.8. The van der Waals surface area contributed by atoms with Crippen LogP contribution in [0.25, 0.3) is 76.6 Å². The van der Waals surface area contributed by atoms with Crippen LogP contribution in [0.5, 0.6) is 0 Å². The molecule has 0 N–H and O–H groups in total. The number of furan rings is 1. The molecule has 0 unspecified atom stereocenters. The van der Waals surface area contributed by atoms with Crippen molar-refractivity contribution in [3.8, 4) is 45.5 Å². The molecule has 40 heavy (non-hydrogen) atoms. The van der Waals surface area contributed by atoms with Crippen LogP contribution in [0.2, 0.25) is 0 Å². The zero-order chi connectivity index (χ0) is 26.5. The van der Waals surface area contributed by atoms with Crippen molar-refractivity contribution < 1.29 is 4.42 Å². The fourth-order valence-electron chi connectivity index (χ4n) is 5.17. The standard InChI is InChI=1S/C35H21N3OS/c1-2-9-22(10-3-1)23-12-8-13-25(19-23)33-36-34(38-35(37-33)30-21-24-11-4-6-15-29(24)39-30)26-17-18-32-28(20-26)27-14-5-7-16-31(27)40-32/h1-21H. The summed E-state index contributed by atoms with van der Waals surface area (Å²) in [4.78, 5) is 14.9. The minimum Gasteiger partial charge on any atom is -0.453 e. The third-order valence-corrected chi connectivity index (χ3v) is 8.30. The molecule has 0 saturated heterocycles. The summed E-state index contributed by atoms with van der Waals surface area (Å²) in [5.74, 6) is 2.35. The van der Waals surface area contributed by atoms with Gasteiger partial charge in [0.1, 0.15) is 5.58 Å². The number of rotatable bonds is 4. The largest absolute Gasteiger partial charge is 0.453 e. The van der Waals surface area contributed by atoms with E-state index in [4.69, 9.17) is 19.4 Å². The summed E-state index contributed by atoms with van der Waals surface area (Å²) in [6.45, 7) is 0. The molecular formula is C35H21N3OS. The monoisotopic (exact) mass is 531 g/mol. The van der Waals surface area contributed by atoms with Gasteiger partial charge >= 0.3 is 0 Å². The van der Waals surface area contributed by atoms with Crippen molar-refractivity contribution in [3.63, 3.8) is 0 Å². The molecule has 0 bridgehead atoms. The maximum absolute atomic E-state index is 6.19. The Hall–Kier alpha value is -5.13. The van der Waals surface area contributed by atoms with Crippen molar-refractivity contribution >= 4 is 42.5 Å². The van der Waals surface area contributed by atoms with E-state index in [0.717, 1.165) is 33.2 Å². The highest BCUT2D eigenvalue weighted by molar-refractivity contribution is 7.25. The molecule has 0 fully saturated rings. The predicted molar refractivity (Wildman–Crippen MR) is 164 cm³/mol. The summed E-state index contributed by atoms with van der Waals surface area (Å²) in [5.41, 5.74) is 4.92. The molecule has 8 rings (SSSR count). The van der Waals surface area contributed by atoms with Gasteiger partial charge in [-0.25, -0.2) is 15.0 Å². The van der Waals surface area contributed by atoms with Crippen LogP contribution in [-0.4, -0.2) is 15.0 Å². The van der Waals surface area contributed by atoms with Gasteiger partial charge in [-0.1, -0.05) is 84.9 Å². The predicted octanol–water partition coefficient (Wildman–Crippen LogP) is 9.65. The van der Waals surface area contributed by atoms with Gasteiger partial charge in [-0.3, -0.25) is 0 Å². The molecule has 3 aromatic heterocycles. The van der Waals surface area contributed by atoms with Gasteiger partial charge in [-0.05, 0) is 53.6 Å².